The number of carbonyl (C=O) groups is 3. The Labute approximate surface area is 237 Å². The first kappa shape index (κ1) is 27.3. The Hall–Kier alpha value is -4.24. The molecule has 1 atom stereocenters. The summed E-state index contributed by atoms with van der Waals surface area (Å²) in [5.74, 6) is -0.816. The summed E-state index contributed by atoms with van der Waals surface area (Å²) in [6.45, 7) is 1.30. The number of rotatable bonds is 8. The Kier molecular flexibility index (Phi) is 8.40. The largest absolute Gasteiger partial charge is 0.351 e. The maximum Gasteiger partial charge on any atom is 0.249 e. The van der Waals surface area contributed by atoms with E-state index < -0.39 is 6.04 Å². The maximum atomic E-state index is 14.2. The zero-order valence-electron chi connectivity index (χ0n) is 22.2. The van der Waals surface area contributed by atoms with Crippen molar-refractivity contribution in [1.82, 2.24) is 20.3 Å². The first-order valence-electron chi connectivity index (χ1n) is 13.4. The van der Waals surface area contributed by atoms with Gasteiger partial charge in [0.1, 0.15) is 18.1 Å². The topological polar surface area (TPSA) is 109 Å². The number of carbonyl (C=O) groups excluding carboxylic acids is 3. The van der Waals surface area contributed by atoms with Crippen LogP contribution < -0.4 is 15.5 Å². The molecule has 9 nitrogen and oxygen atoms in total. The predicted molar refractivity (Wildman–Crippen MR) is 155 cm³/mol. The molecular formula is C30H31ClN6O3. The van der Waals surface area contributed by atoms with Crippen molar-refractivity contribution < 1.29 is 14.4 Å². The lowest BCUT2D eigenvalue weighted by atomic mass is 9.94. The maximum absolute atomic E-state index is 14.2. The number of nitrogens with one attached hydrogen (secondary N) is 2. The molecule has 5 rings (SSSR count). The summed E-state index contributed by atoms with van der Waals surface area (Å²) in [4.78, 5) is 41.2. The summed E-state index contributed by atoms with van der Waals surface area (Å²) in [7, 11) is 0. The quantitative estimate of drug-likeness (QED) is 0.306. The molecule has 0 unspecified atom stereocenters. The molecule has 2 N–H and O–H groups in total. The van der Waals surface area contributed by atoms with E-state index in [1.54, 1.807) is 48.5 Å². The van der Waals surface area contributed by atoms with Crippen molar-refractivity contribution in [2.24, 2.45) is 0 Å². The van der Waals surface area contributed by atoms with E-state index in [9.17, 15) is 14.4 Å². The number of benzene rings is 3. The molecule has 1 aliphatic rings. The molecule has 0 spiro atoms. The second kappa shape index (κ2) is 12.3. The first-order chi connectivity index (χ1) is 19.4. The van der Waals surface area contributed by atoms with Gasteiger partial charge in [-0.2, -0.15) is 0 Å². The lowest BCUT2D eigenvalue weighted by Crippen LogP contribution is -2.48. The zero-order valence-corrected chi connectivity index (χ0v) is 23.0. The normalized spacial score (nSPS) is 14.4. The average molecular weight is 559 g/mol. The van der Waals surface area contributed by atoms with Gasteiger partial charge in [0.25, 0.3) is 0 Å². The summed E-state index contributed by atoms with van der Waals surface area (Å²) in [5.41, 5.74) is 3.10. The number of fused-ring (bicyclic) bond motifs is 1. The molecule has 1 heterocycles. The van der Waals surface area contributed by atoms with Crippen molar-refractivity contribution >= 4 is 51.7 Å². The predicted octanol–water partition coefficient (Wildman–Crippen LogP) is 5.27. The summed E-state index contributed by atoms with van der Waals surface area (Å²) in [6, 6.07) is 20.3. The van der Waals surface area contributed by atoms with Crippen LogP contribution in [0.2, 0.25) is 5.02 Å². The van der Waals surface area contributed by atoms with E-state index in [2.05, 4.69) is 20.9 Å². The standard InChI is InChI=1S/C30H31ClN6O3/c1-20(38)32-24-15-17-25(18-16-24)37(28(39)19-36-27-10-6-5-9-26(27)34-35-36)29(21-11-13-22(31)14-12-21)30(40)33-23-7-3-2-4-8-23/h5-6,9-18,23,29H,2-4,7-8,19H2,1H3,(H,32,38)(H,33,40)/t29-/m0/s1. The van der Waals surface area contributed by atoms with Gasteiger partial charge in [-0.3, -0.25) is 19.3 Å². The van der Waals surface area contributed by atoms with Crippen LogP contribution in [0.3, 0.4) is 0 Å². The number of aromatic nitrogens is 3. The minimum Gasteiger partial charge on any atom is -0.351 e. The molecule has 0 saturated heterocycles. The van der Waals surface area contributed by atoms with Crippen LogP contribution in [0.4, 0.5) is 11.4 Å². The number of para-hydroxylation sites is 1. The molecule has 40 heavy (non-hydrogen) atoms. The fourth-order valence-corrected chi connectivity index (χ4v) is 5.30. The second-order valence-corrected chi connectivity index (χ2v) is 10.5. The molecule has 3 amide bonds. The number of hydrogen-bond acceptors (Lipinski definition) is 5. The van der Waals surface area contributed by atoms with Gasteiger partial charge in [-0.1, -0.05) is 60.3 Å². The van der Waals surface area contributed by atoms with E-state index in [4.69, 9.17) is 11.6 Å². The highest BCUT2D eigenvalue weighted by molar-refractivity contribution is 6.30. The molecule has 1 fully saturated rings. The Balaban J connectivity index is 1.55. The van der Waals surface area contributed by atoms with Crippen molar-refractivity contribution in [3.63, 3.8) is 0 Å². The minimum atomic E-state index is -0.965. The molecule has 10 heteroatoms. The van der Waals surface area contributed by atoms with Crippen LogP contribution in [-0.4, -0.2) is 38.8 Å². The number of hydrogen-bond donors (Lipinski definition) is 2. The van der Waals surface area contributed by atoms with Gasteiger partial charge in [0.15, 0.2) is 0 Å². The molecule has 1 aromatic heterocycles. The van der Waals surface area contributed by atoms with Gasteiger partial charge < -0.3 is 10.6 Å². The molecule has 3 aromatic carbocycles. The molecule has 0 radical (unpaired) electrons. The average Bonchev–Trinajstić information content (AvgIpc) is 3.35. The SMILES string of the molecule is CC(=O)Nc1ccc(N(C(=O)Cn2nnc3ccccc32)[C@H](C(=O)NC2CCCCC2)c2ccc(Cl)cc2)cc1. The summed E-state index contributed by atoms with van der Waals surface area (Å²) >= 11 is 6.19. The van der Waals surface area contributed by atoms with E-state index in [1.807, 2.05) is 24.3 Å². The Morgan fingerprint density at radius 2 is 1.68 bits per heavy atom. The van der Waals surface area contributed by atoms with Crippen LogP contribution >= 0.6 is 11.6 Å². The lowest BCUT2D eigenvalue weighted by molar-refractivity contribution is -0.127. The van der Waals surface area contributed by atoms with Crippen LogP contribution in [0.25, 0.3) is 11.0 Å². The molecule has 1 aliphatic carbocycles. The molecule has 1 saturated carbocycles. The fourth-order valence-electron chi connectivity index (χ4n) is 5.17. The van der Waals surface area contributed by atoms with E-state index >= 15 is 0 Å². The minimum absolute atomic E-state index is 0.0504. The molecule has 0 bridgehead atoms. The smallest absolute Gasteiger partial charge is 0.249 e. The van der Waals surface area contributed by atoms with Crippen LogP contribution in [0.15, 0.2) is 72.8 Å². The van der Waals surface area contributed by atoms with Gasteiger partial charge in [-0.15, -0.1) is 5.10 Å². The van der Waals surface area contributed by atoms with Gasteiger partial charge in [-0.25, -0.2) is 4.68 Å². The van der Waals surface area contributed by atoms with Crippen molar-refractivity contribution in [3.8, 4) is 0 Å². The highest BCUT2D eigenvalue weighted by atomic mass is 35.5. The summed E-state index contributed by atoms with van der Waals surface area (Å²) in [5, 5.41) is 14.8. The number of anilines is 2. The van der Waals surface area contributed by atoms with Crippen molar-refractivity contribution in [1.29, 1.82) is 0 Å². The third-order valence-electron chi connectivity index (χ3n) is 7.08. The van der Waals surface area contributed by atoms with Crippen molar-refractivity contribution in [3.05, 3.63) is 83.4 Å². The van der Waals surface area contributed by atoms with Crippen LogP contribution in [0.1, 0.15) is 50.6 Å². The molecular weight excluding hydrogens is 528 g/mol. The van der Waals surface area contributed by atoms with Gasteiger partial charge >= 0.3 is 0 Å². The van der Waals surface area contributed by atoms with Crippen molar-refractivity contribution in [2.75, 3.05) is 10.2 Å². The Morgan fingerprint density at radius 1 is 0.975 bits per heavy atom. The van der Waals surface area contributed by atoms with Gasteiger partial charge in [0.2, 0.25) is 17.7 Å². The van der Waals surface area contributed by atoms with Gasteiger partial charge in [0, 0.05) is 29.4 Å². The molecule has 206 valence electrons. The summed E-state index contributed by atoms with van der Waals surface area (Å²) in [6.07, 6.45) is 5.09. The fraction of sp³-hybridized carbons (Fsp3) is 0.300. The van der Waals surface area contributed by atoms with E-state index in [0.29, 0.717) is 33.0 Å². The van der Waals surface area contributed by atoms with Crippen LogP contribution in [0, 0.1) is 0 Å². The first-order valence-corrected chi connectivity index (χ1v) is 13.8. The van der Waals surface area contributed by atoms with E-state index in [0.717, 1.165) is 32.1 Å². The zero-order chi connectivity index (χ0) is 28.1. The second-order valence-electron chi connectivity index (χ2n) is 10.0. The van der Waals surface area contributed by atoms with E-state index in [-0.39, 0.29) is 30.3 Å². The van der Waals surface area contributed by atoms with Crippen molar-refractivity contribution in [2.45, 2.75) is 57.7 Å². The van der Waals surface area contributed by atoms with Gasteiger partial charge in [0.05, 0.1) is 5.52 Å². The number of nitrogens with zero attached hydrogens (tertiary/aromatic N) is 4. The number of amides is 3. The third kappa shape index (κ3) is 6.31. The lowest BCUT2D eigenvalue weighted by Gasteiger charge is -2.33. The van der Waals surface area contributed by atoms with Crippen LogP contribution in [0.5, 0.6) is 0 Å². The van der Waals surface area contributed by atoms with Crippen LogP contribution in [-0.2, 0) is 20.9 Å². The molecule has 0 aliphatic heterocycles. The highest BCUT2D eigenvalue weighted by Crippen LogP contribution is 2.31. The van der Waals surface area contributed by atoms with E-state index in [1.165, 1.54) is 16.5 Å². The highest BCUT2D eigenvalue weighted by Gasteiger charge is 2.34. The Bertz CT molecular complexity index is 1500. The third-order valence-corrected chi connectivity index (χ3v) is 7.34. The summed E-state index contributed by atoms with van der Waals surface area (Å²) < 4.78 is 1.54. The van der Waals surface area contributed by atoms with Gasteiger partial charge in [-0.05, 0) is 66.9 Å². The number of halogens is 1. The Morgan fingerprint density at radius 3 is 2.38 bits per heavy atom. The molecule has 4 aromatic rings. The monoisotopic (exact) mass is 558 g/mol.